The lowest BCUT2D eigenvalue weighted by molar-refractivity contribution is 1.07. The number of hydrogen-bond acceptors (Lipinski definition) is 3. The zero-order valence-corrected chi connectivity index (χ0v) is 37.9. The topological polar surface area (TPSA) is 48.5 Å². The van der Waals surface area contributed by atoms with Gasteiger partial charge in [0.2, 0.25) is 0 Å². The highest BCUT2D eigenvalue weighted by Gasteiger charge is 2.22. The average molecular weight is 892 g/mol. The Bertz CT molecular complexity index is 4230. The van der Waals surface area contributed by atoms with E-state index in [1.54, 1.807) is 0 Å². The first-order valence-corrected chi connectivity index (χ1v) is 23.8. The second-order valence-corrected chi connectivity index (χ2v) is 17.9. The van der Waals surface area contributed by atoms with E-state index in [2.05, 4.69) is 197 Å². The normalized spacial score (nSPS) is 11.7. The van der Waals surface area contributed by atoms with Crippen LogP contribution in [0.1, 0.15) is 0 Å². The molecule has 70 heavy (non-hydrogen) atoms. The molecule has 0 spiro atoms. The van der Waals surface area contributed by atoms with Crippen LogP contribution in [0, 0.1) is 0 Å². The van der Waals surface area contributed by atoms with Crippen molar-refractivity contribution >= 4 is 65.2 Å². The molecule has 0 unspecified atom stereocenters. The third kappa shape index (κ3) is 6.36. The van der Waals surface area contributed by atoms with E-state index in [1.807, 2.05) is 60.7 Å². The summed E-state index contributed by atoms with van der Waals surface area (Å²) in [6, 6.07) is 89.0. The summed E-state index contributed by atoms with van der Waals surface area (Å²) in [5.74, 6) is 1.92. The number of para-hydroxylation sites is 3. The molecule has 0 saturated carbocycles. The summed E-state index contributed by atoms with van der Waals surface area (Å²) in [6.45, 7) is 0. The van der Waals surface area contributed by atoms with Gasteiger partial charge in [0.15, 0.2) is 17.5 Å². The Morgan fingerprint density at radius 3 is 1.20 bits per heavy atom. The third-order valence-electron chi connectivity index (χ3n) is 13.9. The van der Waals surface area contributed by atoms with E-state index >= 15 is 0 Å². The number of rotatable bonds is 7. The van der Waals surface area contributed by atoms with Crippen molar-refractivity contribution in [1.29, 1.82) is 0 Å². The molecule has 0 atom stereocenters. The molecule has 11 aromatic carbocycles. The lowest BCUT2D eigenvalue weighted by Gasteiger charge is -2.19. The first kappa shape index (κ1) is 39.7. The number of nitrogens with zero attached hydrogens (tertiary/aromatic N) is 5. The summed E-state index contributed by atoms with van der Waals surface area (Å²) >= 11 is 0. The van der Waals surface area contributed by atoms with Gasteiger partial charge in [0.05, 0.1) is 27.8 Å². The Labute approximate surface area is 403 Å². The fourth-order valence-electron chi connectivity index (χ4n) is 10.8. The maximum atomic E-state index is 5.05. The van der Waals surface area contributed by atoms with Gasteiger partial charge in [-0.25, -0.2) is 15.0 Å². The van der Waals surface area contributed by atoms with Gasteiger partial charge in [-0.2, -0.15) is 0 Å². The van der Waals surface area contributed by atoms with Crippen molar-refractivity contribution in [1.82, 2.24) is 24.1 Å². The van der Waals surface area contributed by atoms with Crippen LogP contribution in [0.5, 0.6) is 0 Å². The maximum absolute atomic E-state index is 5.05. The lowest BCUT2D eigenvalue weighted by atomic mass is 9.90. The quantitative estimate of drug-likeness (QED) is 0.150. The van der Waals surface area contributed by atoms with Gasteiger partial charge in [-0.3, -0.25) is 0 Å². The minimum atomic E-state index is 0.633. The van der Waals surface area contributed by atoms with E-state index in [0.717, 1.165) is 44.5 Å². The van der Waals surface area contributed by atoms with Gasteiger partial charge >= 0.3 is 0 Å². The Morgan fingerprint density at radius 2 is 0.614 bits per heavy atom. The zero-order chi connectivity index (χ0) is 46.1. The molecule has 0 aliphatic rings. The van der Waals surface area contributed by atoms with Gasteiger partial charge in [0, 0.05) is 54.7 Å². The second kappa shape index (κ2) is 16.1. The fraction of sp³-hybridized carbons (Fsp3) is 0. The average Bonchev–Trinajstić information content (AvgIpc) is 3.95. The van der Waals surface area contributed by atoms with Crippen LogP contribution in [0.25, 0.3) is 133 Å². The van der Waals surface area contributed by atoms with Gasteiger partial charge in [0.25, 0.3) is 0 Å². The largest absolute Gasteiger partial charge is 0.309 e. The first-order chi connectivity index (χ1) is 34.7. The molecule has 0 N–H and O–H groups in total. The first-order valence-electron chi connectivity index (χ1n) is 23.8. The van der Waals surface area contributed by atoms with Crippen LogP contribution in [0.3, 0.4) is 0 Å². The Kier molecular flexibility index (Phi) is 9.14. The molecule has 0 aliphatic heterocycles. The van der Waals surface area contributed by atoms with Crippen LogP contribution in [0.15, 0.2) is 249 Å². The van der Waals surface area contributed by atoms with E-state index in [9.17, 15) is 0 Å². The summed E-state index contributed by atoms with van der Waals surface area (Å²) in [7, 11) is 0. The predicted molar refractivity (Wildman–Crippen MR) is 291 cm³/mol. The molecule has 0 bridgehead atoms. The molecule has 0 aliphatic carbocycles. The van der Waals surface area contributed by atoms with Crippen molar-refractivity contribution in [3.63, 3.8) is 0 Å². The number of aromatic nitrogens is 5. The smallest absolute Gasteiger partial charge is 0.164 e. The predicted octanol–water partition coefficient (Wildman–Crippen LogP) is 16.7. The molecule has 5 heteroatoms. The monoisotopic (exact) mass is 891 g/mol. The highest BCUT2D eigenvalue weighted by molar-refractivity contribution is 6.22. The van der Waals surface area contributed by atoms with Crippen molar-refractivity contribution in [2.45, 2.75) is 0 Å². The Balaban J connectivity index is 0.938. The summed E-state index contributed by atoms with van der Waals surface area (Å²) in [5, 5.41) is 9.69. The molecule has 0 saturated heterocycles. The minimum Gasteiger partial charge on any atom is -0.309 e. The van der Waals surface area contributed by atoms with Gasteiger partial charge in [-0.15, -0.1) is 0 Å². The van der Waals surface area contributed by atoms with Crippen LogP contribution in [0.4, 0.5) is 0 Å². The van der Waals surface area contributed by atoms with E-state index in [0.29, 0.717) is 17.5 Å². The molecule has 14 rings (SSSR count). The highest BCUT2D eigenvalue weighted by Crippen LogP contribution is 2.46. The van der Waals surface area contributed by atoms with Gasteiger partial charge in [-0.05, 0) is 87.6 Å². The van der Waals surface area contributed by atoms with Crippen LogP contribution in [0.2, 0.25) is 0 Å². The van der Waals surface area contributed by atoms with E-state index < -0.39 is 0 Å². The lowest BCUT2D eigenvalue weighted by Crippen LogP contribution is -2.00. The molecule has 14 aromatic rings. The fourth-order valence-corrected chi connectivity index (χ4v) is 10.8. The number of fused-ring (bicyclic) bond motifs is 8. The molecule has 3 aromatic heterocycles. The molecule has 0 radical (unpaired) electrons. The van der Waals surface area contributed by atoms with Crippen molar-refractivity contribution < 1.29 is 0 Å². The third-order valence-corrected chi connectivity index (χ3v) is 13.9. The van der Waals surface area contributed by atoms with Gasteiger partial charge in [-0.1, -0.05) is 194 Å². The molecule has 5 nitrogen and oxygen atoms in total. The zero-order valence-electron chi connectivity index (χ0n) is 37.9. The van der Waals surface area contributed by atoms with Gasteiger partial charge in [0.1, 0.15) is 0 Å². The van der Waals surface area contributed by atoms with Crippen LogP contribution in [-0.2, 0) is 0 Å². The van der Waals surface area contributed by atoms with Crippen LogP contribution >= 0.6 is 0 Å². The standard InChI is InChI=1S/C65H41N5/c1-4-19-42(20-5-1)63-66-64(43-21-6-2-7-22-43)68-65(67-63)47-24-18-23-44(39-47)45-35-37-60-55(40-45)50-28-15-17-34-58(50)70(60)62-53-31-12-10-29-51(53)61(52-30-11-13-32-54(52)62)46-36-38-59-56(41-46)49-27-14-16-33-57(49)69(59)48-25-8-3-9-26-48/h1-41H. The van der Waals surface area contributed by atoms with Crippen molar-refractivity contribution in [3.8, 4) is 67.8 Å². The Morgan fingerprint density at radius 1 is 0.229 bits per heavy atom. The van der Waals surface area contributed by atoms with Crippen LogP contribution < -0.4 is 0 Å². The van der Waals surface area contributed by atoms with Crippen molar-refractivity contribution in [3.05, 3.63) is 249 Å². The van der Waals surface area contributed by atoms with E-state index in [-0.39, 0.29) is 0 Å². The summed E-state index contributed by atoms with van der Waals surface area (Å²) in [4.78, 5) is 15.0. The minimum absolute atomic E-state index is 0.633. The Hall–Kier alpha value is -9.45. The van der Waals surface area contributed by atoms with Gasteiger partial charge < -0.3 is 9.13 Å². The van der Waals surface area contributed by atoms with Crippen molar-refractivity contribution in [2.24, 2.45) is 0 Å². The number of benzene rings is 11. The molecular formula is C65H41N5. The molecule has 326 valence electrons. The summed E-state index contributed by atoms with van der Waals surface area (Å²) in [6.07, 6.45) is 0. The second-order valence-electron chi connectivity index (χ2n) is 17.9. The summed E-state index contributed by atoms with van der Waals surface area (Å²) < 4.78 is 4.88. The van der Waals surface area contributed by atoms with E-state index in [4.69, 9.17) is 15.0 Å². The summed E-state index contributed by atoms with van der Waals surface area (Å²) in [5.41, 5.74) is 14.5. The van der Waals surface area contributed by atoms with Crippen molar-refractivity contribution in [2.75, 3.05) is 0 Å². The molecule has 3 heterocycles. The molecular weight excluding hydrogens is 851 g/mol. The highest BCUT2D eigenvalue weighted by atomic mass is 15.0. The SMILES string of the molecule is c1ccc(-c2nc(-c3ccccc3)nc(-c3cccc(-c4ccc5c(c4)c4ccccc4n5-c4c5ccccc5c(-c5ccc6c(c5)c5ccccc5n6-c5ccccc5)c5ccccc45)c3)n2)cc1. The van der Waals surface area contributed by atoms with E-state index in [1.165, 1.54) is 70.9 Å². The molecule has 0 amide bonds. The maximum Gasteiger partial charge on any atom is 0.164 e. The van der Waals surface area contributed by atoms with Crippen LogP contribution in [-0.4, -0.2) is 24.1 Å². The molecule has 0 fully saturated rings. The number of hydrogen-bond donors (Lipinski definition) is 0.